The molecule has 3 heteroatoms. The molecular weight excluding hydrogens is 240 g/mol. The molecular formula is C16H20O3. The largest absolute Gasteiger partial charge is 0.491 e. The molecule has 0 amide bonds. The number of ether oxygens (including phenoxy) is 2. The van der Waals surface area contributed by atoms with Crippen LogP contribution in [0.5, 0.6) is 5.75 Å². The van der Waals surface area contributed by atoms with Crippen molar-refractivity contribution in [1.82, 2.24) is 0 Å². The van der Waals surface area contributed by atoms with E-state index in [1.54, 1.807) is 0 Å². The van der Waals surface area contributed by atoms with E-state index in [1.807, 2.05) is 36.4 Å². The Morgan fingerprint density at radius 2 is 2.16 bits per heavy atom. The quantitative estimate of drug-likeness (QED) is 0.826. The number of fused-ring (bicyclic) bond motifs is 2. The molecule has 2 bridgehead atoms. The number of hydrogen-bond donors (Lipinski definition) is 1. The molecule has 1 N–H and O–H groups in total. The van der Waals surface area contributed by atoms with Gasteiger partial charge in [0.1, 0.15) is 18.5 Å². The molecule has 3 rings (SSSR count). The van der Waals surface area contributed by atoms with E-state index in [0.717, 1.165) is 18.3 Å². The first kappa shape index (κ1) is 12.7. The predicted molar refractivity (Wildman–Crippen MR) is 73.0 cm³/mol. The summed E-state index contributed by atoms with van der Waals surface area (Å²) in [6.45, 7) is 1.22. The van der Waals surface area contributed by atoms with Crippen molar-refractivity contribution in [2.45, 2.75) is 25.0 Å². The normalized spacial score (nSPS) is 30.9. The van der Waals surface area contributed by atoms with Gasteiger partial charge in [-0.25, -0.2) is 0 Å². The summed E-state index contributed by atoms with van der Waals surface area (Å²) in [6.07, 6.45) is 6.15. The average molecular weight is 260 g/mol. The van der Waals surface area contributed by atoms with Crippen molar-refractivity contribution >= 4 is 0 Å². The van der Waals surface area contributed by atoms with Crippen LogP contribution in [-0.2, 0) is 4.74 Å². The number of hydrogen-bond acceptors (Lipinski definition) is 3. The maximum atomic E-state index is 9.89. The van der Waals surface area contributed by atoms with Crippen LogP contribution in [0.15, 0.2) is 42.5 Å². The Kier molecular flexibility index (Phi) is 3.85. The third kappa shape index (κ3) is 3.17. The van der Waals surface area contributed by atoms with Gasteiger partial charge in [-0.15, -0.1) is 0 Å². The summed E-state index contributed by atoms with van der Waals surface area (Å²) in [4.78, 5) is 0. The molecule has 19 heavy (non-hydrogen) atoms. The minimum absolute atomic E-state index is 0.294. The van der Waals surface area contributed by atoms with Crippen molar-refractivity contribution in [1.29, 1.82) is 0 Å². The Morgan fingerprint density at radius 1 is 1.32 bits per heavy atom. The molecule has 4 atom stereocenters. The van der Waals surface area contributed by atoms with Gasteiger partial charge in [-0.3, -0.25) is 0 Å². The minimum Gasteiger partial charge on any atom is -0.491 e. The first-order chi connectivity index (χ1) is 9.31. The van der Waals surface area contributed by atoms with Crippen LogP contribution in [0.1, 0.15) is 12.8 Å². The molecule has 0 radical (unpaired) electrons. The Bertz CT molecular complexity index is 429. The topological polar surface area (TPSA) is 38.7 Å². The zero-order chi connectivity index (χ0) is 13.1. The fraction of sp³-hybridized carbons (Fsp3) is 0.500. The van der Waals surface area contributed by atoms with E-state index in [4.69, 9.17) is 9.47 Å². The molecule has 3 nitrogen and oxygen atoms in total. The lowest BCUT2D eigenvalue weighted by Gasteiger charge is -2.19. The van der Waals surface area contributed by atoms with Gasteiger partial charge in [-0.05, 0) is 30.9 Å². The van der Waals surface area contributed by atoms with Crippen molar-refractivity contribution in [3.8, 4) is 5.75 Å². The van der Waals surface area contributed by atoms with E-state index in [-0.39, 0.29) is 0 Å². The second-order valence-corrected chi connectivity index (χ2v) is 5.45. The van der Waals surface area contributed by atoms with Gasteiger partial charge in [0.2, 0.25) is 0 Å². The smallest absolute Gasteiger partial charge is 0.119 e. The van der Waals surface area contributed by atoms with Crippen LogP contribution in [0.3, 0.4) is 0 Å². The Hall–Kier alpha value is -1.32. The van der Waals surface area contributed by atoms with Crippen LogP contribution in [0.4, 0.5) is 0 Å². The first-order valence-electron chi connectivity index (χ1n) is 6.97. The molecule has 102 valence electrons. The van der Waals surface area contributed by atoms with Crippen molar-refractivity contribution in [2.75, 3.05) is 13.2 Å². The summed E-state index contributed by atoms with van der Waals surface area (Å²) < 4.78 is 11.2. The summed E-state index contributed by atoms with van der Waals surface area (Å²) >= 11 is 0. The third-order valence-electron chi connectivity index (χ3n) is 3.94. The maximum Gasteiger partial charge on any atom is 0.119 e. The molecule has 2 aliphatic rings. The van der Waals surface area contributed by atoms with Crippen LogP contribution in [0.2, 0.25) is 0 Å². The Morgan fingerprint density at radius 3 is 2.84 bits per heavy atom. The van der Waals surface area contributed by atoms with Crippen molar-refractivity contribution in [2.24, 2.45) is 11.8 Å². The monoisotopic (exact) mass is 260 g/mol. The molecule has 3 unspecified atom stereocenters. The van der Waals surface area contributed by atoms with Crippen LogP contribution in [0.25, 0.3) is 0 Å². The number of aliphatic hydroxyl groups excluding tert-OH is 1. The van der Waals surface area contributed by atoms with Crippen LogP contribution >= 0.6 is 0 Å². The van der Waals surface area contributed by atoms with Gasteiger partial charge in [-0.1, -0.05) is 30.4 Å². The fourth-order valence-electron chi connectivity index (χ4n) is 2.95. The third-order valence-corrected chi connectivity index (χ3v) is 3.94. The molecule has 0 aromatic heterocycles. The summed E-state index contributed by atoms with van der Waals surface area (Å²) in [5, 5.41) is 9.89. The lowest BCUT2D eigenvalue weighted by molar-refractivity contribution is 0.0501. The molecule has 0 spiro atoms. The van der Waals surface area contributed by atoms with Crippen molar-refractivity contribution in [3.63, 3.8) is 0 Å². The highest BCUT2D eigenvalue weighted by atomic mass is 16.5. The second-order valence-electron chi connectivity index (χ2n) is 5.45. The van der Waals surface area contributed by atoms with Crippen LogP contribution in [-0.4, -0.2) is 30.5 Å². The highest BCUT2D eigenvalue weighted by Gasteiger charge is 2.39. The molecule has 1 aromatic rings. The van der Waals surface area contributed by atoms with Gasteiger partial charge >= 0.3 is 0 Å². The van der Waals surface area contributed by atoms with Crippen molar-refractivity contribution in [3.05, 3.63) is 42.5 Å². The second kappa shape index (κ2) is 5.76. The SMILES string of the molecule is O[C@H](/C=C/C1CC2COC1C2)COc1ccccc1. The Labute approximate surface area is 113 Å². The number of rotatable bonds is 5. The van der Waals surface area contributed by atoms with E-state index in [0.29, 0.717) is 18.6 Å². The zero-order valence-corrected chi connectivity index (χ0v) is 10.9. The van der Waals surface area contributed by atoms with Gasteiger partial charge in [0.05, 0.1) is 6.10 Å². The highest BCUT2D eigenvalue weighted by molar-refractivity contribution is 5.21. The number of aliphatic hydroxyl groups is 1. The fourth-order valence-corrected chi connectivity index (χ4v) is 2.95. The highest BCUT2D eigenvalue weighted by Crippen LogP contribution is 2.40. The van der Waals surface area contributed by atoms with E-state index >= 15 is 0 Å². The number of benzene rings is 1. The van der Waals surface area contributed by atoms with Crippen LogP contribution < -0.4 is 4.74 Å². The molecule has 1 saturated heterocycles. The molecule has 1 aliphatic heterocycles. The van der Waals surface area contributed by atoms with Gasteiger partial charge in [0.15, 0.2) is 0 Å². The maximum absolute atomic E-state index is 9.89. The van der Waals surface area contributed by atoms with E-state index < -0.39 is 6.10 Å². The molecule has 2 fully saturated rings. The first-order valence-corrected chi connectivity index (χ1v) is 6.97. The predicted octanol–water partition coefficient (Wildman–Crippen LogP) is 2.41. The number of para-hydroxylation sites is 1. The lowest BCUT2D eigenvalue weighted by atomic mass is 10.0. The standard InChI is InChI=1S/C16H20O3/c17-14(11-18-15-4-2-1-3-5-15)7-6-13-8-12-9-16(13)19-10-12/h1-7,12-14,16-17H,8-11H2/b7-6+/t12?,13?,14-,16?/m1/s1. The van der Waals surface area contributed by atoms with Gasteiger partial charge in [-0.2, -0.15) is 0 Å². The zero-order valence-electron chi connectivity index (χ0n) is 10.9. The summed E-state index contributed by atoms with van der Waals surface area (Å²) in [6, 6.07) is 9.56. The van der Waals surface area contributed by atoms with E-state index in [9.17, 15) is 5.11 Å². The Balaban J connectivity index is 1.45. The molecule has 1 heterocycles. The van der Waals surface area contributed by atoms with E-state index in [2.05, 4.69) is 6.08 Å². The van der Waals surface area contributed by atoms with E-state index in [1.165, 1.54) is 12.8 Å². The molecule has 1 saturated carbocycles. The van der Waals surface area contributed by atoms with Gasteiger partial charge in [0, 0.05) is 12.5 Å². The van der Waals surface area contributed by atoms with Gasteiger partial charge in [0.25, 0.3) is 0 Å². The van der Waals surface area contributed by atoms with Crippen molar-refractivity contribution < 1.29 is 14.6 Å². The summed E-state index contributed by atoms with van der Waals surface area (Å²) in [7, 11) is 0. The lowest BCUT2D eigenvalue weighted by Crippen LogP contribution is -2.19. The minimum atomic E-state index is -0.556. The molecule has 1 aromatic carbocycles. The summed E-state index contributed by atoms with van der Waals surface area (Å²) in [5.74, 6) is 2.00. The average Bonchev–Trinajstić information content (AvgIpc) is 3.06. The van der Waals surface area contributed by atoms with Crippen LogP contribution in [0, 0.1) is 11.8 Å². The van der Waals surface area contributed by atoms with Gasteiger partial charge < -0.3 is 14.6 Å². The molecule has 1 aliphatic carbocycles. The summed E-state index contributed by atoms with van der Waals surface area (Å²) in [5.41, 5.74) is 0.